The van der Waals surface area contributed by atoms with E-state index in [0.29, 0.717) is 31.8 Å². The first-order valence-electron chi connectivity index (χ1n) is 7.34. The highest BCUT2D eigenvalue weighted by molar-refractivity contribution is 9.10. The Labute approximate surface area is 133 Å². The van der Waals surface area contributed by atoms with E-state index in [-0.39, 0.29) is 5.91 Å². The zero-order valence-electron chi connectivity index (χ0n) is 12.1. The smallest absolute Gasteiger partial charge is 0.223 e. The predicted octanol–water partition coefficient (Wildman–Crippen LogP) is 2.37. The molecule has 0 radical (unpaired) electrons. The molecule has 21 heavy (non-hydrogen) atoms. The minimum atomic E-state index is -0.585. The fourth-order valence-electron chi connectivity index (χ4n) is 2.94. The van der Waals surface area contributed by atoms with Gasteiger partial charge in [0.2, 0.25) is 5.91 Å². The van der Waals surface area contributed by atoms with Gasteiger partial charge in [0.1, 0.15) is 11.4 Å². The standard InChI is InChI=1S/C16H20BrNO3/c1-21-14-6-2-11(8-13(14)17)3-7-15(19)18-9-16(20,10-18)12-4-5-12/h2,6,8,12,20H,3-5,7,9-10H2,1H3. The minimum Gasteiger partial charge on any atom is -0.496 e. The van der Waals surface area contributed by atoms with E-state index in [4.69, 9.17) is 4.74 Å². The van der Waals surface area contributed by atoms with E-state index in [0.717, 1.165) is 28.6 Å². The molecule has 4 nitrogen and oxygen atoms in total. The summed E-state index contributed by atoms with van der Waals surface area (Å²) in [5, 5.41) is 10.2. The van der Waals surface area contributed by atoms with E-state index in [1.807, 2.05) is 18.2 Å². The van der Waals surface area contributed by atoms with Crippen molar-refractivity contribution in [3.05, 3.63) is 28.2 Å². The molecule has 0 bridgehead atoms. The summed E-state index contributed by atoms with van der Waals surface area (Å²) in [5.74, 6) is 1.36. The van der Waals surface area contributed by atoms with Crippen LogP contribution in [0.3, 0.4) is 0 Å². The molecule has 2 fully saturated rings. The summed E-state index contributed by atoms with van der Waals surface area (Å²) in [4.78, 5) is 13.9. The number of halogens is 1. The van der Waals surface area contributed by atoms with Gasteiger partial charge in [-0.1, -0.05) is 6.07 Å². The molecule has 0 spiro atoms. The number of aliphatic hydroxyl groups is 1. The summed E-state index contributed by atoms with van der Waals surface area (Å²) in [5.41, 5.74) is 0.521. The molecule has 1 N–H and O–H groups in total. The second kappa shape index (κ2) is 5.61. The van der Waals surface area contributed by atoms with Gasteiger partial charge in [0, 0.05) is 6.42 Å². The van der Waals surface area contributed by atoms with Crippen LogP contribution in [0.2, 0.25) is 0 Å². The van der Waals surface area contributed by atoms with Crippen LogP contribution in [0.5, 0.6) is 5.75 Å². The van der Waals surface area contributed by atoms with Crippen LogP contribution in [-0.2, 0) is 11.2 Å². The Morgan fingerprint density at radius 2 is 2.19 bits per heavy atom. The average molecular weight is 354 g/mol. The molecule has 0 unspecified atom stereocenters. The van der Waals surface area contributed by atoms with Crippen LogP contribution in [0.4, 0.5) is 0 Å². The molecule has 5 heteroatoms. The van der Waals surface area contributed by atoms with Crippen molar-refractivity contribution >= 4 is 21.8 Å². The largest absolute Gasteiger partial charge is 0.496 e. The molecule has 1 saturated heterocycles. The lowest BCUT2D eigenvalue weighted by Gasteiger charge is -2.47. The quantitative estimate of drug-likeness (QED) is 0.883. The molecule has 1 saturated carbocycles. The Balaban J connectivity index is 1.49. The van der Waals surface area contributed by atoms with Gasteiger partial charge in [-0.15, -0.1) is 0 Å². The van der Waals surface area contributed by atoms with Crippen LogP contribution in [0, 0.1) is 5.92 Å². The van der Waals surface area contributed by atoms with E-state index >= 15 is 0 Å². The first-order chi connectivity index (χ1) is 10.0. The fourth-order valence-corrected chi connectivity index (χ4v) is 3.53. The Morgan fingerprint density at radius 3 is 2.76 bits per heavy atom. The number of amides is 1. The maximum atomic E-state index is 12.1. The van der Waals surface area contributed by atoms with Crippen LogP contribution >= 0.6 is 15.9 Å². The zero-order valence-corrected chi connectivity index (χ0v) is 13.7. The number of nitrogens with zero attached hydrogens (tertiary/aromatic N) is 1. The lowest BCUT2D eigenvalue weighted by molar-refractivity contribution is -0.159. The number of rotatable bonds is 5. The molecular formula is C16H20BrNO3. The number of carbonyl (C=O) groups excluding carboxylic acids is 1. The summed E-state index contributed by atoms with van der Waals surface area (Å²) < 4.78 is 6.10. The van der Waals surface area contributed by atoms with Crippen LogP contribution < -0.4 is 4.74 Å². The molecule has 1 aromatic carbocycles. The van der Waals surface area contributed by atoms with Crippen LogP contribution in [0.25, 0.3) is 0 Å². The maximum absolute atomic E-state index is 12.1. The summed E-state index contributed by atoms with van der Waals surface area (Å²) in [7, 11) is 1.63. The third-order valence-corrected chi connectivity index (χ3v) is 5.08. The van der Waals surface area contributed by atoms with Crippen molar-refractivity contribution in [3.8, 4) is 5.75 Å². The van der Waals surface area contributed by atoms with Gasteiger partial charge in [-0.25, -0.2) is 0 Å². The normalized spacial score (nSPS) is 20.0. The highest BCUT2D eigenvalue weighted by atomic mass is 79.9. The second-order valence-corrected chi connectivity index (χ2v) is 6.95. The van der Waals surface area contributed by atoms with Crippen LogP contribution in [-0.4, -0.2) is 41.7 Å². The van der Waals surface area contributed by atoms with Gasteiger partial charge in [0.05, 0.1) is 24.7 Å². The van der Waals surface area contributed by atoms with Crippen LogP contribution in [0.15, 0.2) is 22.7 Å². The number of β-amino-alcohol motifs (C(OH)–C–C–N with tert-alkyl or cyclic N) is 1. The average Bonchev–Trinajstić information content (AvgIpc) is 3.26. The molecule has 1 heterocycles. The van der Waals surface area contributed by atoms with E-state index in [1.54, 1.807) is 12.0 Å². The summed E-state index contributed by atoms with van der Waals surface area (Å²) in [6.07, 6.45) is 3.41. The molecule has 1 aromatic rings. The van der Waals surface area contributed by atoms with Gasteiger partial charge in [0.25, 0.3) is 0 Å². The van der Waals surface area contributed by atoms with E-state index < -0.39 is 5.60 Å². The molecule has 114 valence electrons. The monoisotopic (exact) mass is 353 g/mol. The fraction of sp³-hybridized carbons (Fsp3) is 0.562. The van der Waals surface area contributed by atoms with Gasteiger partial charge >= 0.3 is 0 Å². The molecular weight excluding hydrogens is 334 g/mol. The Bertz CT molecular complexity index is 550. The molecule has 1 amide bonds. The highest BCUT2D eigenvalue weighted by Gasteiger charge is 2.52. The highest BCUT2D eigenvalue weighted by Crippen LogP contribution is 2.44. The van der Waals surface area contributed by atoms with Crippen molar-refractivity contribution in [2.45, 2.75) is 31.3 Å². The van der Waals surface area contributed by atoms with Gasteiger partial charge in [-0.2, -0.15) is 0 Å². The lowest BCUT2D eigenvalue weighted by Crippen LogP contribution is -2.64. The third-order valence-electron chi connectivity index (χ3n) is 4.46. The third kappa shape index (κ3) is 3.09. The Morgan fingerprint density at radius 1 is 1.48 bits per heavy atom. The molecule has 2 aliphatic rings. The van der Waals surface area contributed by atoms with Crippen molar-refractivity contribution in [1.82, 2.24) is 4.90 Å². The van der Waals surface area contributed by atoms with E-state index in [9.17, 15) is 9.90 Å². The number of benzene rings is 1. The van der Waals surface area contributed by atoms with Crippen molar-refractivity contribution in [1.29, 1.82) is 0 Å². The van der Waals surface area contributed by atoms with Gasteiger partial charge in [-0.3, -0.25) is 4.79 Å². The van der Waals surface area contributed by atoms with Crippen molar-refractivity contribution in [2.24, 2.45) is 5.92 Å². The van der Waals surface area contributed by atoms with Crippen LogP contribution in [0.1, 0.15) is 24.8 Å². The molecule has 0 atom stereocenters. The maximum Gasteiger partial charge on any atom is 0.223 e. The summed E-state index contributed by atoms with van der Waals surface area (Å²) in [6.45, 7) is 1.03. The minimum absolute atomic E-state index is 0.132. The van der Waals surface area contributed by atoms with E-state index in [1.165, 1.54) is 0 Å². The molecule has 1 aliphatic carbocycles. The first kappa shape index (κ1) is 14.9. The van der Waals surface area contributed by atoms with Gasteiger partial charge in [0.15, 0.2) is 0 Å². The first-order valence-corrected chi connectivity index (χ1v) is 8.14. The summed E-state index contributed by atoms with van der Waals surface area (Å²) >= 11 is 3.45. The second-order valence-electron chi connectivity index (χ2n) is 6.10. The predicted molar refractivity (Wildman–Crippen MR) is 83.3 cm³/mol. The number of carbonyl (C=O) groups is 1. The van der Waals surface area contributed by atoms with Gasteiger partial charge in [-0.05, 0) is 58.8 Å². The molecule has 3 rings (SSSR count). The number of aryl methyl sites for hydroxylation is 1. The zero-order chi connectivity index (χ0) is 15.0. The number of methoxy groups -OCH3 is 1. The van der Waals surface area contributed by atoms with Gasteiger partial charge < -0.3 is 14.7 Å². The number of hydrogen-bond acceptors (Lipinski definition) is 3. The summed E-state index contributed by atoms with van der Waals surface area (Å²) in [6, 6.07) is 5.87. The molecule has 1 aliphatic heterocycles. The Hall–Kier alpha value is -1.07. The van der Waals surface area contributed by atoms with Crippen molar-refractivity contribution in [3.63, 3.8) is 0 Å². The SMILES string of the molecule is COc1ccc(CCC(=O)N2CC(O)(C3CC3)C2)cc1Br. The topological polar surface area (TPSA) is 49.8 Å². The number of ether oxygens (including phenoxy) is 1. The van der Waals surface area contributed by atoms with Crippen molar-refractivity contribution in [2.75, 3.05) is 20.2 Å². The molecule has 0 aromatic heterocycles. The number of likely N-dealkylation sites (tertiary alicyclic amines) is 1. The number of hydrogen-bond donors (Lipinski definition) is 1. The Kier molecular flexibility index (Phi) is 3.97. The lowest BCUT2D eigenvalue weighted by atomic mass is 9.88. The van der Waals surface area contributed by atoms with E-state index in [2.05, 4.69) is 15.9 Å². The van der Waals surface area contributed by atoms with Crippen molar-refractivity contribution < 1.29 is 14.6 Å².